The number of hydrogen-bond donors (Lipinski definition) is 1. The molecule has 5 aromatic rings. The van der Waals surface area contributed by atoms with Gasteiger partial charge in [-0.1, -0.05) is 41.6 Å². The minimum atomic E-state index is -0.878. The molecule has 0 unspecified atom stereocenters. The first-order valence-corrected chi connectivity index (χ1v) is 12.5. The maximum Gasteiger partial charge on any atom is 0.303 e. The fourth-order valence-corrected chi connectivity index (χ4v) is 4.57. The van der Waals surface area contributed by atoms with Crippen LogP contribution in [0.3, 0.4) is 0 Å². The highest BCUT2D eigenvalue weighted by Gasteiger charge is 2.20. The second-order valence-corrected chi connectivity index (χ2v) is 9.12. The zero-order valence-corrected chi connectivity index (χ0v) is 21.2. The van der Waals surface area contributed by atoms with Crippen LogP contribution >= 0.6 is 0 Å². The van der Waals surface area contributed by atoms with E-state index < -0.39 is 17.9 Å². The number of carboxylic acids is 1. The minimum absolute atomic E-state index is 0.0262. The number of hydrogen-bond acceptors (Lipinski definition) is 6. The van der Waals surface area contributed by atoms with Crippen LogP contribution in [-0.4, -0.2) is 32.9 Å². The van der Waals surface area contributed by atoms with Crippen LogP contribution in [-0.2, 0) is 16.0 Å². The van der Waals surface area contributed by atoms with E-state index in [2.05, 4.69) is 5.16 Å². The van der Waals surface area contributed by atoms with Gasteiger partial charge in [-0.25, -0.2) is 9.37 Å². The Labute approximate surface area is 223 Å². The number of carbonyl (C=O) groups is 1. The van der Waals surface area contributed by atoms with Gasteiger partial charge in [0.15, 0.2) is 5.76 Å². The van der Waals surface area contributed by atoms with Gasteiger partial charge < -0.3 is 14.4 Å². The third kappa shape index (κ3) is 5.63. The monoisotopic (exact) mass is 527 g/mol. The number of nitrogens with zero attached hydrogens (tertiary/aromatic N) is 3. The zero-order chi connectivity index (χ0) is 27.4. The van der Waals surface area contributed by atoms with Crippen molar-refractivity contribution in [2.45, 2.75) is 31.8 Å². The van der Waals surface area contributed by atoms with Gasteiger partial charge in [-0.15, -0.1) is 0 Å². The maximum atomic E-state index is 13.6. The number of carboxylic acid groups (broad SMARTS) is 1. The molecule has 0 aliphatic rings. The Morgan fingerprint density at radius 2 is 1.82 bits per heavy atom. The number of ether oxygens (including phenoxy) is 1. The molecule has 1 atom stereocenters. The van der Waals surface area contributed by atoms with Crippen molar-refractivity contribution < 1.29 is 23.6 Å². The molecule has 2 heterocycles. The van der Waals surface area contributed by atoms with Crippen molar-refractivity contribution in [2.24, 2.45) is 0 Å². The number of aryl methyl sites for hydroxylation is 1. The Kier molecular flexibility index (Phi) is 7.60. The van der Waals surface area contributed by atoms with E-state index in [1.807, 2.05) is 30.3 Å². The molecule has 9 heteroatoms. The lowest BCUT2D eigenvalue weighted by molar-refractivity contribution is -0.137. The van der Waals surface area contributed by atoms with Crippen LogP contribution in [0.4, 0.5) is 4.39 Å². The van der Waals surface area contributed by atoms with Crippen LogP contribution in [0.2, 0.25) is 0 Å². The molecule has 0 saturated carbocycles. The van der Waals surface area contributed by atoms with Crippen molar-refractivity contribution in [2.75, 3.05) is 7.11 Å². The summed E-state index contributed by atoms with van der Waals surface area (Å²) >= 11 is 0. The molecule has 2 aromatic heterocycles. The van der Waals surface area contributed by atoms with Gasteiger partial charge in [-0.2, -0.15) is 0 Å². The van der Waals surface area contributed by atoms with Gasteiger partial charge in [0.1, 0.15) is 23.4 Å². The Hall–Kier alpha value is -4.63. The Balaban J connectivity index is 1.53. The molecule has 1 N–H and O–H groups in total. The first-order chi connectivity index (χ1) is 18.9. The highest BCUT2D eigenvalue weighted by molar-refractivity contribution is 5.83. The number of halogens is 1. The van der Waals surface area contributed by atoms with Gasteiger partial charge in [0, 0.05) is 31.6 Å². The second-order valence-electron chi connectivity index (χ2n) is 9.12. The molecule has 0 spiro atoms. The van der Waals surface area contributed by atoms with Gasteiger partial charge in [0.25, 0.3) is 5.56 Å². The summed E-state index contributed by atoms with van der Waals surface area (Å²) in [7, 11) is 1.60. The van der Waals surface area contributed by atoms with Gasteiger partial charge in [0.05, 0.1) is 16.6 Å². The summed E-state index contributed by atoms with van der Waals surface area (Å²) < 4.78 is 26.3. The standard InChI is InChI=1S/C30H26FN3O5/c1-38-29(19-7-3-2-4-8-19)26-18-24(33-39-26)20-11-16-23-25(17-20)32-27(9-5-6-10-28(35)36)34(30(23)37)22-14-12-21(31)13-15-22/h2-4,7-8,11-18,29H,5-6,9-10H2,1H3,(H,35,36)/t29-/m0/s1. The van der Waals surface area contributed by atoms with Gasteiger partial charge >= 0.3 is 5.97 Å². The fourth-order valence-electron chi connectivity index (χ4n) is 4.57. The predicted octanol–water partition coefficient (Wildman–Crippen LogP) is 5.71. The molecule has 198 valence electrons. The lowest BCUT2D eigenvalue weighted by atomic mass is 10.0. The van der Waals surface area contributed by atoms with E-state index in [9.17, 15) is 14.0 Å². The molecular weight excluding hydrogens is 501 g/mol. The predicted molar refractivity (Wildman–Crippen MR) is 143 cm³/mol. The van der Waals surface area contributed by atoms with E-state index in [0.717, 1.165) is 5.56 Å². The maximum absolute atomic E-state index is 13.6. The smallest absolute Gasteiger partial charge is 0.303 e. The average molecular weight is 528 g/mol. The number of methoxy groups -OCH3 is 1. The molecule has 0 aliphatic heterocycles. The van der Waals surface area contributed by atoms with Crippen molar-refractivity contribution in [1.82, 2.24) is 14.7 Å². The summed E-state index contributed by atoms with van der Waals surface area (Å²) in [5.41, 5.74) is 2.87. The summed E-state index contributed by atoms with van der Waals surface area (Å²) in [5.74, 6) is -0.288. The molecule has 0 bridgehead atoms. The normalized spacial score (nSPS) is 12.1. The van der Waals surface area contributed by atoms with Crippen LogP contribution in [0.1, 0.15) is 42.5 Å². The SMILES string of the molecule is CO[C@@H](c1ccccc1)c1cc(-c2ccc3c(=O)n(-c4ccc(F)cc4)c(CCCCC(=O)O)nc3c2)no1. The van der Waals surface area contributed by atoms with Crippen LogP contribution in [0.15, 0.2) is 88.2 Å². The molecule has 3 aromatic carbocycles. The van der Waals surface area contributed by atoms with Crippen molar-refractivity contribution in [3.8, 4) is 16.9 Å². The van der Waals surface area contributed by atoms with Crippen molar-refractivity contribution in [3.63, 3.8) is 0 Å². The van der Waals surface area contributed by atoms with E-state index in [-0.39, 0.29) is 12.0 Å². The topological polar surface area (TPSA) is 107 Å². The largest absolute Gasteiger partial charge is 0.481 e. The molecule has 0 amide bonds. The minimum Gasteiger partial charge on any atom is -0.481 e. The Morgan fingerprint density at radius 3 is 2.54 bits per heavy atom. The highest BCUT2D eigenvalue weighted by Crippen LogP contribution is 2.30. The molecular formula is C30H26FN3O5. The van der Waals surface area contributed by atoms with E-state index in [1.165, 1.54) is 28.8 Å². The lowest BCUT2D eigenvalue weighted by Crippen LogP contribution is -2.24. The van der Waals surface area contributed by atoms with Gasteiger partial charge in [-0.3, -0.25) is 14.2 Å². The summed E-state index contributed by atoms with van der Waals surface area (Å²) in [6, 6.07) is 22.3. The molecule has 0 radical (unpaired) electrons. The van der Waals surface area contributed by atoms with Crippen molar-refractivity contribution in [3.05, 3.63) is 112 Å². The van der Waals surface area contributed by atoms with Crippen molar-refractivity contribution in [1.29, 1.82) is 0 Å². The third-order valence-electron chi connectivity index (χ3n) is 6.49. The molecule has 0 aliphatic carbocycles. The van der Waals surface area contributed by atoms with Crippen LogP contribution in [0.5, 0.6) is 0 Å². The number of fused-ring (bicyclic) bond motifs is 1. The van der Waals surface area contributed by atoms with Crippen LogP contribution in [0.25, 0.3) is 27.8 Å². The van der Waals surface area contributed by atoms with Gasteiger partial charge in [0.2, 0.25) is 0 Å². The lowest BCUT2D eigenvalue weighted by Gasteiger charge is -2.14. The van der Waals surface area contributed by atoms with E-state index >= 15 is 0 Å². The number of benzene rings is 3. The number of aromatic nitrogens is 3. The average Bonchev–Trinajstić information content (AvgIpc) is 3.42. The molecule has 0 saturated heterocycles. The number of rotatable bonds is 10. The zero-order valence-electron chi connectivity index (χ0n) is 21.2. The molecule has 0 fully saturated rings. The molecule has 5 rings (SSSR count). The Morgan fingerprint density at radius 1 is 1.05 bits per heavy atom. The first-order valence-electron chi connectivity index (χ1n) is 12.5. The summed E-state index contributed by atoms with van der Waals surface area (Å²) in [4.78, 5) is 29.3. The van der Waals surface area contributed by atoms with Gasteiger partial charge in [-0.05, 0) is 54.8 Å². The van der Waals surface area contributed by atoms with Crippen LogP contribution in [0, 0.1) is 5.82 Å². The summed E-state index contributed by atoms with van der Waals surface area (Å²) in [6.45, 7) is 0. The quantitative estimate of drug-likeness (QED) is 0.232. The Bertz CT molecular complexity index is 1660. The van der Waals surface area contributed by atoms with Crippen molar-refractivity contribution >= 4 is 16.9 Å². The second kappa shape index (κ2) is 11.4. The fraction of sp³-hybridized carbons (Fsp3) is 0.200. The van der Waals surface area contributed by atoms with Crippen LogP contribution < -0.4 is 5.56 Å². The summed E-state index contributed by atoms with van der Waals surface area (Å²) in [6.07, 6.45) is 0.942. The van der Waals surface area contributed by atoms with E-state index in [0.29, 0.717) is 58.7 Å². The first kappa shape index (κ1) is 26.0. The highest BCUT2D eigenvalue weighted by atomic mass is 19.1. The summed E-state index contributed by atoms with van der Waals surface area (Å²) in [5, 5.41) is 13.6. The van der Waals surface area contributed by atoms with E-state index in [4.69, 9.17) is 19.4 Å². The molecule has 8 nitrogen and oxygen atoms in total. The number of aliphatic carboxylic acids is 1. The van der Waals surface area contributed by atoms with E-state index in [1.54, 1.807) is 31.4 Å². The molecule has 39 heavy (non-hydrogen) atoms. The number of unbranched alkanes of at least 4 members (excludes halogenated alkanes) is 1. The third-order valence-corrected chi connectivity index (χ3v) is 6.49.